The van der Waals surface area contributed by atoms with Crippen LogP contribution in [-0.4, -0.2) is 5.02 Å². The lowest BCUT2D eigenvalue weighted by Crippen LogP contribution is -2.18. The minimum Gasteiger partial charge on any atom is -0.457 e. The molecule has 0 bridgehead atoms. The molecule has 0 aliphatic carbocycles. The van der Waals surface area contributed by atoms with Gasteiger partial charge in [-0.05, 0) is 72.2 Å². The number of hydrogen-bond acceptors (Lipinski definition) is 2. The van der Waals surface area contributed by atoms with E-state index in [0.29, 0.717) is 0 Å². The molecule has 0 heterocycles. The van der Waals surface area contributed by atoms with E-state index in [1.54, 1.807) is 12.1 Å². The van der Waals surface area contributed by atoms with Crippen molar-refractivity contribution in [2.24, 2.45) is 0 Å². The first kappa shape index (κ1) is 22.3. The molecule has 2 nitrogen and oxygen atoms in total. The highest BCUT2D eigenvalue weighted by atomic mass is 79.9. The van der Waals surface area contributed by atoms with Crippen LogP contribution in [0.4, 0.5) is 8.78 Å². The van der Waals surface area contributed by atoms with Crippen LogP contribution >= 0.6 is 15.9 Å². The van der Waals surface area contributed by atoms with E-state index in [1.807, 2.05) is 54.6 Å². The normalized spacial score (nSPS) is 11.9. The smallest absolute Gasteiger partial charge is 0.457 e. The second-order valence-electron chi connectivity index (χ2n) is 7.87. The fourth-order valence-corrected chi connectivity index (χ4v) is 3.52. The predicted molar refractivity (Wildman–Crippen MR) is 120 cm³/mol. The standard InChI is InChI=1S/C25H25BrF2O2/c1-24(2,20-12-16-23(17-13-20)30-25(26,27)28)18-6-7-19-10-14-22(15-11-19)29-21-8-4-3-5-9-21/h3-5,8-17H,6-7,18H2,1-2H3. The summed E-state index contributed by atoms with van der Waals surface area (Å²) in [5, 5.41) is -3.36. The second kappa shape index (κ2) is 9.61. The highest BCUT2D eigenvalue weighted by Crippen LogP contribution is 2.32. The average Bonchev–Trinajstić information content (AvgIpc) is 2.69. The molecule has 3 aromatic carbocycles. The minimum atomic E-state index is -3.36. The maximum absolute atomic E-state index is 12.9. The van der Waals surface area contributed by atoms with Crippen LogP contribution in [0.3, 0.4) is 0 Å². The molecule has 30 heavy (non-hydrogen) atoms. The molecule has 0 unspecified atom stereocenters. The molecule has 0 aliphatic heterocycles. The summed E-state index contributed by atoms with van der Waals surface area (Å²) in [5.74, 6) is 1.78. The lowest BCUT2D eigenvalue weighted by Gasteiger charge is -2.25. The zero-order chi connectivity index (χ0) is 21.6. The molecule has 5 heteroatoms. The van der Waals surface area contributed by atoms with E-state index in [-0.39, 0.29) is 11.2 Å². The SMILES string of the molecule is CC(C)(CCCc1ccc(Oc2ccccc2)cc1)c1ccc(OC(F)(F)Br)cc1. The van der Waals surface area contributed by atoms with Crippen LogP contribution < -0.4 is 9.47 Å². The molecule has 0 saturated heterocycles. The van der Waals surface area contributed by atoms with Crippen LogP contribution in [0.25, 0.3) is 0 Å². The van der Waals surface area contributed by atoms with Gasteiger partial charge in [0, 0.05) is 15.9 Å². The summed E-state index contributed by atoms with van der Waals surface area (Å²) >= 11 is 2.19. The van der Waals surface area contributed by atoms with E-state index in [9.17, 15) is 8.78 Å². The molecule has 3 rings (SSSR count). The van der Waals surface area contributed by atoms with Gasteiger partial charge in [-0.3, -0.25) is 0 Å². The topological polar surface area (TPSA) is 18.5 Å². The molecule has 0 aliphatic rings. The van der Waals surface area contributed by atoms with Crippen molar-refractivity contribution in [3.63, 3.8) is 0 Å². The van der Waals surface area contributed by atoms with Gasteiger partial charge < -0.3 is 9.47 Å². The summed E-state index contributed by atoms with van der Waals surface area (Å²) in [4.78, 5) is 0. The fraction of sp³-hybridized carbons (Fsp3) is 0.280. The number of rotatable bonds is 9. The first-order chi connectivity index (χ1) is 14.2. The third-order valence-corrected chi connectivity index (χ3v) is 5.20. The Labute approximate surface area is 185 Å². The Hall–Kier alpha value is -2.40. The molecule has 0 saturated carbocycles. The number of alkyl halides is 3. The van der Waals surface area contributed by atoms with Crippen molar-refractivity contribution in [2.75, 3.05) is 0 Å². The minimum absolute atomic E-state index is 0.0637. The van der Waals surface area contributed by atoms with Crippen LogP contribution in [0, 0.1) is 0 Å². The highest BCUT2D eigenvalue weighted by molar-refractivity contribution is 9.09. The zero-order valence-electron chi connectivity index (χ0n) is 17.1. The molecule has 0 spiro atoms. The summed E-state index contributed by atoms with van der Waals surface area (Å²) in [7, 11) is 0. The van der Waals surface area contributed by atoms with Gasteiger partial charge in [-0.15, -0.1) is 0 Å². The lowest BCUT2D eigenvalue weighted by atomic mass is 9.80. The van der Waals surface area contributed by atoms with Crippen molar-refractivity contribution in [1.82, 2.24) is 0 Å². The number of halogens is 3. The molecule has 0 aromatic heterocycles. The van der Waals surface area contributed by atoms with Crippen LogP contribution in [0.5, 0.6) is 17.2 Å². The van der Waals surface area contributed by atoms with Gasteiger partial charge in [0.05, 0.1) is 0 Å². The van der Waals surface area contributed by atoms with E-state index in [4.69, 9.17) is 4.74 Å². The highest BCUT2D eigenvalue weighted by Gasteiger charge is 2.27. The van der Waals surface area contributed by atoms with Crippen molar-refractivity contribution in [2.45, 2.75) is 43.5 Å². The molecule has 158 valence electrons. The van der Waals surface area contributed by atoms with E-state index in [2.05, 4.69) is 46.6 Å². The Morgan fingerprint density at radius 2 is 1.33 bits per heavy atom. The third-order valence-electron chi connectivity index (χ3n) is 5.04. The monoisotopic (exact) mass is 474 g/mol. The van der Waals surface area contributed by atoms with Crippen molar-refractivity contribution in [3.8, 4) is 17.2 Å². The van der Waals surface area contributed by atoms with Gasteiger partial charge in [0.1, 0.15) is 17.2 Å². The molecule has 0 fully saturated rings. The fourth-order valence-electron chi connectivity index (χ4n) is 3.34. The summed E-state index contributed by atoms with van der Waals surface area (Å²) in [6.07, 6.45) is 2.96. The van der Waals surface area contributed by atoms with Crippen molar-refractivity contribution >= 4 is 15.9 Å². The summed E-state index contributed by atoms with van der Waals surface area (Å²) in [6, 6.07) is 24.8. The number of para-hydroxylation sites is 1. The Morgan fingerprint density at radius 3 is 1.93 bits per heavy atom. The maximum Gasteiger partial charge on any atom is 0.459 e. The van der Waals surface area contributed by atoms with Gasteiger partial charge in [0.2, 0.25) is 0 Å². The Bertz CT molecular complexity index is 918. The van der Waals surface area contributed by atoms with Crippen LogP contribution in [-0.2, 0) is 11.8 Å². The zero-order valence-corrected chi connectivity index (χ0v) is 18.7. The van der Waals surface area contributed by atoms with Gasteiger partial charge in [-0.25, -0.2) is 0 Å². The van der Waals surface area contributed by atoms with Gasteiger partial charge in [-0.2, -0.15) is 8.78 Å². The van der Waals surface area contributed by atoms with E-state index >= 15 is 0 Å². The molecule has 0 N–H and O–H groups in total. The Balaban J connectivity index is 1.51. The second-order valence-corrected chi connectivity index (χ2v) is 8.79. The van der Waals surface area contributed by atoms with E-state index in [1.165, 1.54) is 5.56 Å². The van der Waals surface area contributed by atoms with Gasteiger partial charge in [-0.1, -0.05) is 56.3 Å². The summed E-state index contributed by atoms with van der Waals surface area (Å²) < 4.78 is 36.1. The van der Waals surface area contributed by atoms with Crippen LogP contribution in [0.1, 0.15) is 37.8 Å². The largest absolute Gasteiger partial charge is 0.459 e. The Kier molecular flexibility index (Phi) is 7.14. The first-order valence-corrected chi connectivity index (χ1v) is 10.7. The maximum atomic E-state index is 12.9. The quantitative estimate of drug-likeness (QED) is 0.291. The van der Waals surface area contributed by atoms with Crippen LogP contribution in [0.2, 0.25) is 0 Å². The van der Waals surface area contributed by atoms with E-state index < -0.39 is 5.02 Å². The van der Waals surface area contributed by atoms with Gasteiger partial charge in [0.15, 0.2) is 0 Å². The number of benzene rings is 3. The molecular formula is C25H25BrF2O2. The molecule has 3 aromatic rings. The van der Waals surface area contributed by atoms with Gasteiger partial charge >= 0.3 is 5.02 Å². The first-order valence-electron chi connectivity index (χ1n) is 9.89. The average molecular weight is 475 g/mol. The third kappa shape index (κ3) is 6.84. The molecule has 0 amide bonds. The molecular weight excluding hydrogens is 450 g/mol. The number of ether oxygens (including phenoxy) is 2. The predicted octanol–water partition coefficient (Wildman–Crippen LogP) is 8.10. The van der Waals surface area contributed by atoms with Crippen LogP contribution in [0.15, 0.2) is 78.9 Å². The molecule has 0 atom stereocenters. The summed E-state index contributed by atoms with van der Waals surface area (Å²) in [6.45, 7) is 4.33. The molecule has 0 radical (unpaired) electrons. The summed E-state index contributed by atoms with van der Waals surface area (Å²) in [5.41, 5.74) is 2.29. The Morgan fingerprint density at radius 1 is 0.767 bits per heavy atom. The number of hydrogen-bond donors (Lipinski definition) is 0. The van der Waals surface area contributed by atoms with Crippen molar-refractivity contribution < 1.29 is 18.3 Å². The van der Waals surface area contributed by atoms with E-state index in [0.717, 1.165) is 36.3 Å². The number of aryl methyl sites for hydroxylation is 1. The van der Waals surface area contributed by atoms with Crippen molar-refractivity contribution in [1.29, 1.82) is 0 Å². The van der Waals surface area contributed by atoms with Crippen molar-refractivity contribution in [3.05, 3.63) is 90.0 Å². The lowest BCUT2D eigenvalue weighted by molar-refractivity contribution is -0.0803. The van der Waals surface area contributed by atoms with Gasteiger partial charge in [0.25, 0.3) is 0 Å².